The van der Waals surface area contributed by atoms with Crippen molar-refractivity contribution in [2.45, 2.75) is 26.4 Å². The number of benzene rings is 1. The van der Waals surface area contributed by atoms with Crippen LogP contribution in [0.1, 0.15) is 25.8 Å². The zero-order valence-corrected chi connectivity index (χ0v) is 11.2. The minimum atomic E-state index is -4.29. The lowest BCUT2D eigenvalue weighted by molar-refractivity contribution is -0.137. The van der Waals surface area contributed by atoms with Gasteiger partial charge in [0.2, 0.25) is 0 Å². The molecule has 2 nitrogen and oxygen atoms in total. The van der Waals surface area contributed by atoms with Crippen molar-refractivity contribution in [2.75, 3.05) is 18.5 Å². The van der Waals surface area contributed by atoms with Crippen molar-refractivity contribution in [2.24, 2.45) is 11.8 Å². The van der Waals surface area contributed by atoms with Crippen molar-refractivity contribution in [3.8, 4) is 0 Å². The van der Waals surface area contributed by atoms with Gasteiger partial charge in [-0.3, -0.25) is 0 Å². The lowest BCUT2D eigenvalue weighted by Crippen LogP contribution is -2.42. The van der Waals surface area contributed by atoms with Crippen molar-refractivity contribution in [3.63, 3.8) is 0 Å². The molecule has 2 atom stereocenters. The van der Waals surface area contributed by atoms with Gasteiger partial charge in [0.05, 0.1) is 5.56 Å². The molecule has 19 heavy (non-hydrogen) atoms. The molecule has 0 bridgehead atoms. The number of hydrazine groups is 1. The van der Waals surface area contributed by atoms with Crippen LogP contribution in [-0.4, -0.2) is 18.1 Å². The fraction of sp³-hybridized carbons (Fsp3) is 0.571. The molecule has 0 aliphatic carbocycles. The van der Waals surface area contributed by atoms with Gasteiger partial charge in [-0.2, -0.15) is 13.2 Å². The Morgan fingerprint density at radius 3 is 2.37 bits per heavy atom. The standard InChI is InChI=1S/C14H19F3N2/c1-10-6-11(2)9-19(8-10)18-13-5-3-4-12(7-13)14(15,16)17/h3-5,7,10-11,18H,6,8-9H2,1-2H3/t10-,11+. The summed E-state index contributed by atoms with van der Waals surface area (Å²) in [7, 11) is 0. The van der Waals surface area contributed by atoms with Crippen LogP contribution in [0.2, 0.25) is 0 Å². The van der Waals surface area contributed by atoms with Gasteiger partial charge in [0.15, 0.2) is 0 Å². The molecular weight excluding hydrogens is 253 g/mol. The van der Waals surface area contributed by atoms with E-state index in [0.717, 1.165) is 25.2 Å². The van der Waals surface area contributed by atoms with Crippen LogP contribution in [0, 0.1) is 11.8 Å². The van der Waals surface area contributed by atoms with E-state index in [0.29, 0.717) is 17.5 Å². The molecule has 0 aromatic heterocycles. The first-order valence-corrected chi connectivity index (χ1v) is 6.53. The number of nitrogens with one attached hydrogen (secondary N) is 1. The second-order valence-electron chi connectivity index (χ2n) is 5.54. The fourth-order valence-corrected chi connectivity index (χ4v) is 2.70. The van der Waals surface area contributed by atoms with E-state index in [1.54, 1.807) is 6.07 Å². The summed E-state index contributed by atoms with van der Waals surface area (Å²) in [4.78, 5) is 0. The molecule has 1 aromatic carbocycles. The number of hydrogen-bond acceptors (Lipinski definition) is 2. The first-order chi connectivity index (χ1) is 8.84. The number of alkyl halides is 3. The molecule has 0 amide bonds. The Labute approximate surface area is 111 Å². The van der Waals surface area contributed by atoms with Gasteiger partial charge in [-0.15, -0.1) is 0 Å². The summed E-state index contributed by atoms with van der Waals surface area (Å²) < 4.78 is 37.9. The van der Waals surface area contributed by atoms with E-state index in [2.05, 4.69) is 19.3 Å². The van der Waals surface area contributed by atoms with Gasteiger partial charge in [-0.05, 0) is 36.5 Å². The first-order valence-electron chi connectivity index (χ1n) is 6.53. The summed E-state index contributed by atoms with van der Waals surface area (Å²) in [5, 5.41) is 2.01. The highest BCUT2D eigenvalue weighted by Crippen LogP contribution is 2.31. The molecule has 0 spiro atoms. The zero-order valence-electron chi connectivity index (χ0n) is 11.2. The van der Waals surface area contributed by atoms with Crippen LogP contribution >= 0.6 is 0 Å². The van der Waals surface area contributed by atoms with Gasteiger partial charge in [-0.25, -0.2) is 5.01 Å². The molecule has 0 saturated carbocycles. The lowest BCUT2D eigenvalue weighted by Gasteiger charge is -2.35. The van der Waals surface area contributed by atoms with E-state index in [9.17, 15) is 13.2 Å². The minimum absolute atomic E-state index is 0.496. The Hall–Kier alpha value is -1.23. The van der Waals surface area contributed by atoms with Gasteiger partial charge in [0, 0.05) is 18.8 Å². The summed E-state index contributed by atoms with van der Waals surface area (Å²) in [5.41, 5.74) is 2.97. The first kappa shape index (κ1) is 14.2. The summed E-state index contributed by atoms with van der Waals surface area (Å²) in [6.45, 7) is 6.05. The molecule has 0 radical (unpaired) electrons. The number of anilines is 1. The van der Waals surface area contributed by atoms with Crippen molar-refractivity contribution in [1.29, 1.82) is 0 Å². The summed E-state index contributed by atoms with van der Waals surface area (Å²) in [6, 6.07) is 5.34. The SMILES string of the molecule is C[C@@H]1C[C@H](C)CN(Nc2cccc(C(F)(F)F)c2)C1. The van der Waals surface area contributed by atoms with E-state index in [-0.39, 0.29) is 0 Å². The van der Waals surface area contributed by atoms with E-state index in [4.69, 9.17) is 0 Å². The van der Waals surface area contributed by atoms with Gasteiger partial charge < -0.3 is 5.43 Å². The predicted octanol–water partition coefficient (Wildman–Crippen LogP) is 4.01. The Kier molecular flexibility index (Phi) is 4.04. The van der Waals surface area contributed by atoms with Crippen molar-refractivity contribution < 1.29 is 13.2 Å². The third-order valence-corrected chi connectivity index (χ3v) is 3.35. The van der Waals surface area contributed by atoms with Crippen molar-refractivity contribution in [3.05, 3.63) is 29.8 Å². The summed E-state index contributed by atoms with van der Waals surface area (Å²) in [5.74, 6) is 1.11. The molecule has 1 fully saturated rings. The van der Waals surface area contributed by atoms with Crippen molar-refractivity contribution >= 4 is 5.69 Å². The summed E-state index contributed by atoms with van der Waals surface area (Å²) in [6.07, 6.45) is -3.12. The molecule has 1 aliphatic rings. The second kappa shape index (κ2) is 5.41. The molecule has 1 aliphatic heterocycles. The van der Waals surface area contributed by atoms with Gasteiger partial charge in [0.25, 0.3) is 0 Å². The highest BCUT2D eigenvalue weighted by molar-refractivity contribution is 5.45. The van der Waals surface area contributed by atoms with Gasteiger partial charge in [0.1, 0.15) is 0 Å². The van der Waals surface area contributed by atoms with Gasteiger partial charge in [-0.1, -0.05) is 19.9 Å². The highest BCUT2D eigenvalue weighted by Gasteiger charge is 2.30. The Balaban J connectivity index is 2.07. The van der Waals surface area contributed by atoms with Crippen LogP contribution in [-0.2, 0) is 6.18 Å². The predicted molar refractivity (Wildman–Crippen MR) is 69.6 cm³/mol. The average molecular weight is 272 g/mol. The maximum Gasteiger partial charge on any atom is 0.416 e. The molecular formula is C14H19F3N2. The lowest BCUT2D eigenvalue weighted by atomic mass is 9.93. The van der Waals surface area contributed by atoms with Crippen LogP contribution in [0.25, 0.3) is 0 Å². The third-order valence-electron chi connectivity index (χ3n) is 3.35. The molecule has 5 heteroatoms. The molecule has 1 N–H and O–H groups in total. The zero-order chi connectivity index (χ0) is 14.0. The Morgan fingerprint density at radius 1 is 1.16 bits per heavy atom. The highest BCUT2D eigenvalue weighted by atomic mass is 19.4. The van der Waals surface area contributed by atoms with Crippen LogP contribution < -0.4 is 5.43 Å². The Morgan fingerprint density at radius 2 is 1.79 bits per heavy atom. The van der Waals surface area contributed by atoms with E-state index in [1.165, 1.54) is 12.5 Å². The van der Waals surface area contributed by atoms with E-state index < -0.39 is 11.7 Å². The quantitative estimate of drug-likeness (QED) is 0.875. The maximum absolute atomic E-state index is 12.6. The largest absolute Gasteiger partial charge is 0.416 e. The molecule has 1 saturated heterocycles. The molecule has 0 unspecified atom stereocenters. The van der Waals surface area contributed by atoms with Crippen molar-refractivity contribution in [1.82, 2.24) is 5.01 Å². The molecule has 106 valence electrons. The smallest absolute Gasteiger partial charge is 0.319 e. The average Bonchev–Trinajstić information content (AvgIpc) is 2.26. The normalized spacial score (nSPS) is 25.3. The van der Waals surface area contributed by atoms with Crippen LogP contribution in [0.5, 0.6) is 0 Å². The second-order valence-corrected chi connectivity index (χ2v) is 5.54. The number of hydrogen-bond donors (Lipinski definition) is 1. The minimum Gasteiger partial charge on any atom is -0.319 e. The van der Waals surface area contributed by atoms with Gasteiger partial charge >= 0.3 is 6.18 Å². The number of rotatable bonds is 2. The fourth-order valence-electron chi connectivity index (χ4n) is 2.70. The summed E-state index contributed by atoms with van der Waals surface area (Å²) >= 11 is 0. The Bertz CT molecular complexity index is 421. The third kappa shape index (κ3) is 3.86. The molecule has 1 heterocycles. The van der Waals surface area contributed by atoms with Crippen LogP contribution in [0.3, 0.4) is 0 Å². The van der Waals surface area contributed by atoms with E-state index in [1.807, 2.05) is 5.01 Å². The van der Waals surface area contributed by atoms with E-state index >= 15 is 0 Å². The molecule has 2 rings (SSSR count). The topological polar surface area (TPSA) is 15.3 Å². The number of halogens is 3. The van der Waals surface area contributed by atoms with Crippen LogP contribution in [0.4, 0.5) is 18.9 Å². The number of piperidine rings is 1. The molecule has 1 aromatic rings. The monoisotopic (exact) mass is 272 g/mol. The maximum atomic E-state index is 12.6. The number of nitrogens with zero attached hydrogens (tertiary/aromatic N) is 1. The van der Waals surface area contributed by atoms with Crippen LogP contribution in [0.15, 0.2) is 24.3 Å².